The quantitative estimate of drug-likeness (QED) is 0.903. The monoisotopic (exact) mass is 327 g/mol. The Morgan fingerprint density at radius 3 is 2.46 bits per heavy atom. The molecule has 126 valence electrons. The molecule has 0 bridgehead atoms. The molecule has 1 heterocycles. The molecule has 0 spiro atoms. The third kappa shape index (κ3) is 3.32. The second-order valence-electron chi connectivity index (χ2n) is 6.40. The summed E-state index contributed by atoms with van der Waals surface area (Å²) in [5, 5.41) is 16.4. The van der Waals surface area contributed by atoms with Crippen LogP contribution in [0.4, 0.5) is 0 Å². The van der Waals surface area contributed by atoms with E-state index in [0.717, 1.165) is 17.1 Å². The van der Waals surface area contributed by atoms with Crippen LogP contribution in [0, 0.1) is 19.8 Å². The van der Waals surface area contributed by atoms with Crippen LogP contribution in [0.1, 0.15) is 41.0 Å². The molecule has 2 aromatic rings. The average molecular weight is 327 g/mol. The molecule has 1 aromatic carbocycles. The molecule has 0 saturated heterocycles. The summed E-state index contributed by atoms with van der Waals surface area (Å²) in [4.78, 5) is 23.3. The maximum absolute atomic E-state index is 12.3. The van der Waals surface area contributed by atoms with E-state index >= 15 is 0 Å². The van der Waals surface area contributed by atoms with Crippen LogP contribution in [0.25, 0.3) is 5.69 Å². The summed E-state index contributed by atoms with van der Waals surface area (Å²) in [6.07, 6.45) is 1.84. The maximum Gasteiger partial charge on any atom is 0.306 e. The lowest BCUT2D eigenvalue weighted by molar-refractivity contribution is -0.141. The minimum Gasteiger partial charge on any atom is -0.481 e. The van der Waals surface area contributed by atoms with Crippen molar-refractivity contribution < 1.29 is 14.7 Å². The molecule has 1 aliphatic rings. The fraction of sp³-hybridized carbons (Fsp3) is 0.389. The van der Waals surface area contributed by atoms with E-state index < -0.39 is 5.97 Å². The Balaban J connectivity index is 1.66. The van der Waals surface area contributed by atoms with Crippen LogP contribution in [0.5, 0.6) is 0 Å². The second kappa shape index (κ2) is 6.47. The van der Waals surface area contributed by atoms with Gasteiger partial charge in [0.1, 0.15) is 0 Å². The Morgan fingerprint density at radius 2 is 1.92 bits per heavy atom. The molecule has 3 rings (SSSR count). The largest absolute Gasteiger partial charge is 0.481 e. The molecule has 0 aliphatic heterocycles. The number of aryl methyl sites for hydroxylation is 2. The number of nitrogens with zero attached hydrogens (tertiary/aromatic N) is 2. The van der Waals surface area contributed by atoms with Crippen molar-refractivity contribution >= 4 is 11.9 Å². The third-order valence-electron chi connectivity index (χ3n) is 4.50. The van der Waals surface area contributed by atoms with Crippen LogP contribution < -0.4 is 5.32 Å². The van der Waals surface area contributed by atoms with E-state index in [9.17, 15) is 9.59 Å². The number of carboxylic acids is 1. The number of hydrogen-bond acceptors (Lipinski definition) is 3. The van der Waals surface area contributed by atoms with Crippen LogP contribution in [0.15, 0.2) is 30.3 Å². The molecule has 2 atom stereocenters. The first kappa shape index (κ1) is 16.2. The lowest BCUT2D eigenvalue weighted by atomic mass is 10.1. The summed E-state index contributed by atoms with van der Waals surface area (Å²) < 4.78 is 1.84. The van der Waals surface area contributed by atoms with Gasteiger partial charge in [0.15, 0.2) is 0 Å². The number of nitrogens with one attached hydrogen (secondary N) is 1. The van der Waals surface area contributed by atoms with Crippen LogP contribution >= 0.6 is 0 Å². The van der Waals surface area contributed by atoms with Crippen LogP contribution in [-0.4, -0.2) is 32.8 Å². The first-order valence-electron chi connectivity index (χ1n) is 8.11. The summed E-state index contributed by atoms with van der Waals surface area (Å²) in [5.41, 5.74) is 3.46. The van der Waals surface area contributed by atoms with E-state index in [4.69, 9.17) is 5.11 Å². The van der Waals surface area contributed by atoms with Gasteiger partial charge < -0.3 is 10.4 Å². The molecule has 2 N–H and O–H groups in total. The van der Waals surface area contributed by atoms with E-state index in [1.54, 1.807) is 12.1 Å². The number of benzene rings is 1. The van der Waals surface area contributed by atoms with Gasteiger partial charge in [-0.1, -0.05) is 0 Å². The summed E-state index contributed by atoms with van der Waals surface area (Å²) >= 11 is 0. The van der Waals surface area contributed by atoms with Crippen molar-refractivity contribution in [2.75, 3.05) is 0 Å². The second-order valence-corrected chi connectivity index (χ2v) is 6.40. The van der Waals surface area contributed by atoms with Gasteiger partial charge in [-0.2, -0.15) is 5.10 Å². The summed E-state index contributed by atoms with van der Waals surface area (Å²) in [5.74, 6) is -1.28. The van der Waals surface area contributed by atoms with Crippen molar-refractivity contribution in [1.29, 1.82) is 0 Å². The smallest absolute Gasteiger partial charge is 0.306 e. The summed E-state index contributed by atoms with van der Waals surface area (Å²) in [6, 6.07) is 9.20. The highest BCUT2D eigenvalue weighted by molar-refractivity contribution is 5.94. The fourth-order valence-electron chi connectivity index (χ4n) is 3.25. The van der Waals surface area contributed by atoms with Crippen molar-refractivity contribution in [2.45, 2.75) is 39.2 Å². The van der Waals surface area contributed by atoms with Crippen LogP contribution in [0.3, 0.4) is 0 Å². The van der Waals surface area contributed by atoms with Gasteiger partial charge in [0.2, 0.25) is 0 Å². The number of carboxylic acid groups (broad SMARTS) is 1. The lowest BCUT2D eigenvalue weighted by Crippen LogP contribution is -2.33. The van der Waals surface area contributed by atoms with Crippen molar-refractivity contribution in [3.05, 3.63) is 47.3 Å². The molecule has 0 radical (unpaired) electrons. The van der Waals surface area contributed by atoms with Gasteiger partial charge in [0, 0.05) is 17.3 Å². The predicted octanol–water partition coefficient (Wildman–Crippen LogP) is 2.47. The van der Waals surface area contributed by atoms with E-state index in [-0.39, 0.29) is 17.9 Å². The topological polar surface area (TPSA) is 84.2 Å². The lowest BCUT2D eigenvalue weighted by Gasteiger charge is -2.13. The maximum atomic E-state index is 12.3. The van der Waals surface area contributed by atoms with Crippen molar-refractivity contribution in [1.82, 2.24) is 15.1 Å². The zero-order valence-corrected chi connectivity index (χ0v) is 13.8. The molecule has 1 fully saturated rings. The average Bonchev–Trinajstić information content (AvgIpc) is 3.14. The first-order valence-corrected chi connectivity index (χ1v) is 8.11. The molecule has 1 aliphatic carbocycles. The Hall–Kier alpha value is -2.63. The summed E-state index contributed by atoms with van der Waals surface area (Å²) in [7, 11) is 0. The molecule has 6 nitrogen and oxygen atoms in total. The SMILES string of the molecule is Cc1cc(C)n(-c2ccc(C(=O)N[C@H]3CC[C@H](C(=O)O)C3)cc2)n1. The first-order chi connectivity index (χ1) is 11.4. The van der Waals surface area contributed by atoms with Gasteiger partial charge in [-0.15, -0.1) is 0 Å². The highest BCUT2D eigenvalue weighted by Crippen LogP contribution is 2.26. The highest BCUT2D eigenvalue weighted by Gasteiger charge is 2.30. The van der Waals surface area contributed by atoms with Gasteiger partial charge in [-0.3, -0.25) is 9.59 Å². The molecular formula is C18H21N3O3. The Labute approximate surface area is 140 Å². The Morgan fingerprint density at radius 1 is 1.21 bits per heavy atom. The van der Waals surface area contributed by atoms with E-state index in [1.807, 2.05) is 36.7 Å². The number of hydrogen-bond donors (Lipinski definition) is 2. The molecule has 1 aromatic heterocycles. The zero-order chi connectivity index (χ0) is 17.3. The minimum atomic E-state index is -0.777. The van der Waals surface area contributed by atoms with Crippen molar-refractivity contribution in [3.8, 4) is 5.69 Å². The Kier molecular flexibility index (Phi) is 4.38. The molecular weight excluding hydrogens is 306 g/mol. The molecule has 6 heteroatoms. The van der Waals surface area contributed by atoms with Gasteiger partial charge in [0.05, 0.1) is 17.3 Å². The molecule has 0 unspecified atom stereocenters. The van der Waals surface area contributed by atoms with Gasteiger partial charge >= 0.3 is 5.97 Å². The summed E-state index contributed by atoms with van der Waals surface area (Å²) in [6.45, 7) is 3.93. The number of carbonyl (C=O) groups is 2. The highest BCUT2D eigenvalue weighted by atomic mass is 16.4. The fourth-order valence-corrected chi connectivity index (χ4v) is 3.25. The number of carbonyl (C=O) groups excluding carboxylic acids is 1. The minimum absolute atomic E-state index is 0.0608. The van der Waals surface area contributed by atoms with Crippen molar-refractivity contribution in [3.63, 3.8) is 0 Å². The Bertz CT molecular complexity index is 764. The number of aromatic nitrogens is 2. The van der Waals surface area contributed by atoms with Gasteiger partial charge in [-0.05, 0) is 63.4 Å². The van der Waals surface area contributed by atoms with Crippen molar-refractivity contribution in [2.24, 2.45) is 5.92 Å². The molecule has 1 saturated carbocycles. The van der Waals surface area contributed by atoms with E-state index in [1.165, 1.54) is 0 Å². The third-order valence-corrected chi connectivity index (χ3v) is 4.50. The molecule has 1 amide bonds. The number of aliphatic carboxylic acids is 1. The predicted molar refractivity (Wildman–Crippen MR) is 89.3 cm³/mol. The van der Waals surface area contributed by atoms with Crippen LogP contribution in [0.2, 0.25) is 0 Å². The standard InChI is InChI=1S/C18H21N3O3/c1-11-9-12(2)21(20-11)16-7-4-13(5-8-16)17(22)19-15-6-3-14(10-15)18(23)24/h4-5,7-9,14-15H,3,6,10H2,1-2H3,(H,19,22)(H,23,24)/t14-,15-/m0/s1. The van der Waals surface area contributed by atoms with E-state index in [0.29, 0.717) is 24.8 Å². The van der Waals surface area contributed by atoms with Gasteiger partial charge in [0.25, 0.3) is 5.91 Å². The zero-order valence-electron chi connectivity index (χ0n) is 13.8. The number of amides is 1. The van der Waals surface area contributed by atoms with E-state index in [2.05, 4.69) is 10.4 Å². The molecule has 24 heavy (non-hydrogen) atoms. The van der Waals surface area contributed by atoms with Crippen LogP contribution in [-0.2, 0) is 4.79 Å². The van der Waals surface area contributed by atoms with Gasteiger partial charge in [-0.25, -0.2) is 4.68 Å². The normalized spacial score (nSPS) is 20.1. The number of rotatable bonds is 4.